The Morgan fingerprint density at radius 1 is 1.26 bits per heavy atom. The smallest absolute Gasteiger partial charge is 0.0670 e. The summed E-state index contributed by atoms with van der Waals surface area (Å²) in [6, 6.07) is 6.22. The molecule has 3 rings (SSSR count). The minimum absolute atomic E-state index is 0.0706. The predicted molar refractivity (Wildman–Crippen MR) is 77.2 cm³/mol. The van der Waals surface area contributed by atoms with Gasteiger partial charge in [-0.15, -0.1) is 0 Å². The van der Waals surface area contributed by atoms with Crippen LogP contribution >= 0.6 is 0 Å². The third-order valence-corrected chi connectivity index (χ3v) is 4.36. The Kier molecular flexibility index (Phi) is 3.42. The van der Waals surface area contributed by atoms with Gasteiger partial charge in [-0.25, -0.2) is 0 Å². The highest BCUT2D eigenvalue weighted by Gasteiger charge is 2.31. The fourth-order valence-corrected chi connectivity index (χ4v) is 3.03. The summed E-state index contributed by atoms with van der Waals surface area (Å²) in [7, 11) is 0. The number of aromatic nitrogens is 2. The molecule has 0 amide bonds. The lowest BCUT2D eigenvalue weighted by Gasteiger charge is -2.36. The molecule has 1 fully saturated rings. The second-order valence-electron chi connectivity index (χ2n) is 5.74. The minimum Gasteiger partial charge on any atom is -0.396 e. The van der Waals surface area contributed by atoms with Gasteiger partial charge in [-0.2, -0.15) is 5.10 Å². The first kappa shape index (κ1) is 12.5. The summed E-state index contributed by atoms with van der Waals surface area (Å²) < 4.78 is 0. The second kappa shape index (κ2) is 5.21. The Morgan fingerprint density at radius 3 is 2.89 bits per heavy atom. The SMILES string of the molecule is OCC1(CNc2ccc3cn[nH]c3c2)CCCCC1. The Labute approximate surface area is 113 Å². The van der Waals surface area contributed by atoms with Crippen LogP contribution in [0.1, 0.15) is 32.1 Å². The first-order valence-corrected chi connectivity index (χ1v) is 7.09. The van der Waals surface area contributed by atoms with E-state index in [-0.39, 0.29) is 12.0 Å². The molecular weight excluding hydrogens is 238 g/mol. The normalized spacial score (nSPS) is 18.6. The number of hydrogen-bond donors (Lipinski definition) is 3. The number of rotatable bonds is 4. The molecule has 2 aromatic rings. The topological polar surface area (TPSA) is 60.9 Å². The zero-order chi connectivity index (χ0) is 13.1. The number of aliphatic hydroxyl groups is 1. The van der Waals surface area contributed by atoms with E-state index in [1.807, 2.05) is 6.20 Å². The summed E-state index contributed by atoms with van der Waals surface area (Å²) >= 11 is 0. The molecular formula is C15H21N3O. The van der Waals surface area contributed by atoms with Crippen molar-refractivity contribution in [1.29, 1.82) is 0 Å². The average molecular weight is 259 g/mol. The Morgan fingerprint density at radius 2 is 2.11 bits per heavy atom. The van der Waals surface area contributed by atoms with E-state index in [0.29, 0.717) is 0 Å². The molecule has 4 nitrogen and oxygen atoms in total. The molecule has 1 saturated carbocycles. The van der Waals surface area contributed by atoms with Crippen LogP contribution in [0.15, 0.2) is 24.4 Å². The maximum absolute atomic E-state index is 9.70. The molecule has 0 saturated heterocycles. The summed E-state index contributed by atoms with van der Waals surface area (Å²) in [6.45, 7) is 1.13. The summed E-state index contributed by atoms with van der Waals surface area (Å²) in [6.07, 6.45) is 7.87. The van der Waals surface area contributed by atoms with E-state index in [1.165, 1.54) is 19.3 Å². The zero-order valence-electron chi connectivity index (χ0n) is 11.2. The van der Waals surface area contributed by atoms with E-state index >= 15 is 0 Å². The van der Waals surface area contributed by atoms with Gasteiger partial charge < -0.3 is 10.4 Å². The van der Waals surface area contributed by atoms with Crippen molar-refractivity contribution in [3.63, 3.8) is 0 Å². The molecule has 3 N–H and O–H groups in total. The number of aliphatic hydroxyl groups excluding tert-OH is 1. The molecule has 19 heavy (non-hydrogen) atoms. The van der Waals surface area contributed by atoms with Crippen LogP contribution in [0.3, 0.4) is 0 Å². The molecule has 1 aliphatic carbocycles. The van der Waals surface area contributed by atoms with Gasteiger partial charge in [0.25, 0.3) is 0 Å². The van der Waals surface area contributed by atoms with Crippen molar-refractivity contribution in [2.24, 2.45) is 5.41 Å². The third kappa shape index (κ3) is 2.59. The molecule has 0 radical (unpaired) electrons. The zero-order valence-corrected chi connectivity index (χ0v) is 11.2. The predicted octanol–water partition coefficient (Wildman–Crippen LogP) is 2.92. The van der Waals surface area contributed by atoms with E-state index in [0.717, 1.165) is 36.0 Å². The van der Waals surface area contributed by atoms with Gasteiger partial charge in [0, 0.05) is 23.0 Å². The molecule has 4 heteroatoms. The second-order valence-corrected chi connectivity index (χ2v) is 5.74. The van der Waals surface area contributed by atoms with Crippen LogP contribution in [0.25, 0.3) is 10.9 Å². The maximum Gasteiger partial charge on any atom is 0.0670 e. The van der Waals surface area contributed by atoms with Crippen molar-refractivity contribution >= 4 is 16.6 Å². The summed E-state index contributed by atoms with van der Waals surface area (Å²) in [5, 5.41) is 21.3. The molecule has 1 aliphatic rings. The van der Waals surface area contributed by atoms with Gasteiger partial charge in [-0.1, -0.05) is 19.3 Å². The van der Waals surface area contributed by atoms with Crippen LogP contribution < -0.4 is 5.32 Å². The lowest BCUT2D eigenvalue weighted by atomic mass is 9.74. The van der Waals surface area contributed by atoms with Crippen LogP contribution in [0.5, 0.6) is 0 Å². The molecule has 0 bridgehead atoms. The van der Waals surface area contributed by atoms with Crippen molar-refractivity contribution in [1.82, 2.24) is 10.2 Å². The van der Waals surface area contributed by atoms with Crippen molar-refractivity contribution in [3.8, 4) is 0 Å². The van der Waals surface area contributed by atoms with Gasteiger partial charge >= 0.3 is 0 Å². The van der Waals surface area contributed by atoms with Crippen molar-refractivity contribution in [2.75, 3.05) is 18.5 Å². The van der Waals surface area contributed by atoms with E-state index in [1.54, 1.807) is 0 Å². The Bertz CT molecular complexity index is 543. The number of nitrogens with zero attached hydrogens (tertiary/aromatic N) is 1. The molecule has 0 atom stereocenters. The number of hydrogen-bond acceptors (Lipinski definition) is 3. The van der Waals surface area contributed by atoms with Gasteiger partial charge in [0.1, 0.15) is 0 Å². The van der Waals surface area contributed by atoms with Gasteiger partial charge in [0.2, 0.25) is 0 Å². The van der Waals surface area contributed by atoms with Gasteiger partial charge in [0.05, 0.1) is 18.3 Å². The Balaban J connectivity index is 1.70. The van der Waals surface area contributed by atoms with Crippen molar-refractivity contribution in [3.05, 3.63) is 24.4 Å². The lowest BCUT2D eigenvalue weighted by molar-refractivity contribution is 0.0944. The fraction of sp³-hybridized carbons (Fsp3) is 0.533. The highest BCUT2D eigenvalue weighted by molar-refractivity contribution is 5.81. The lowest BCUT2D eigenvalue weighted by Crippen LogP contribution is -2.35. The first-order valence-electron chi connectivity index (χ1n) is 7.09. The molecule has 0 aliphatic heterocycles. The summed E-state index contributed by atoms with van der Waals surface area (Å²) in [5.41, 5.74) is 2.21. The molecule has 102 valence electrons. The van der Waals surface area contributed by atoms with Gasteiger partial charge in [0.15, 0.2) is 0 Å². The van der Waals surface area contributed by atoms with Gasteiger partial charge in [-0.3, -0.25) is 5.10 Å². The summed E-state index contributed by atoms with van der Waals surface area (Å²) in [4.78, 5) is 0. The number of fused-ring (bicyclic) bond motifs is 1. The van der Waals surface area contributed by atoms with E-state index in [4.69, 9.17) is 0 Å². The summed E-state index contributed by atoms with van der Waals surface area (Å²) in [5.74, 6) is 0. The average Bonchev–Trinajstić information content (AvgIpc) is 2.93. The number of H-pyrrole nitrogens is 1. The van der Waals surface area contributed by atoms with Crippen LogP contribution in [0, 0.1) is 5.41 Å². The quantitative estimate of drug-likeness (QED) is 0.791. The molecule has 1 aromatic carbocycles. The first-order chi connectivity index (χ1) is 9.31. The molecule has 1 heterocycles. The molecule has 0 unspecified atom stereocenters. The third-order valence-electron chi connectivity index (χ3n) is 4.36. The van der Waals surface area contributed by atoms with Crippen LogP contribution in [-0.2, 0) is 0 Å². The standard InChI is InChI=1S/C15H21N3O/c19-11-15(6-2-1-3-7-15)10-16-13-5-4-12-9-17-18-14(12)8-13/h4-5,8-9,16,19H,1-3,6-7,10-11H2,(H,17,18). The van der Waals surface area contributed by atoms with Crippen LogP contribution in [0.2, 0.25) is 0 Å². The van der Waals surface area contributed by atoms with E-state index in [2.05, 4.69) is 33.7 Å². The number of anilines is 1. The molecule has 0 spiro atoms. The van der Waals surface area contributed by atoms with Gasteiger partial charge in [-0.05, 0) is 31.0 Å². The van der Waals surface area contributed by atoms with Crippen molar-refractivity contribution in [2.45, 2.75) is 32.1 Å². The van der Waals surface area contributed by atoms with Crippen LogP contribution in [0.4, 0.5) is 5.69 Å². The van der Waals surface area contributed by atoms with E-state index in [9.17, 15) is 5.11 Å². The van der Waals surface area contributed by atoms with Crippen LogP contribution in [-0.4, -0.2) is 28.5 Å². The van der Waals surface area contributed by atoms with E-state index < -0.39 is 0 Å². The highest BCUT2D eigenvalue weighted by Crippen LogP contribution is 2.36. The highest BCUT2D eigenvalue weighted by atomic mass is 16.3. The molecule has 1 aromatic heterocycles. The number of nitrogens with one attached hydrogen (secondary N) is 2. The monoisotopic (exact) mass is 259 g/mol. The largest absolute Gasteiger partial charge is 0.396 e. The minimum atomic E-state index is 0.0706. The fourth-order valence-electron chi connectivity index (χ4n) is 3.03. The maximum atomic E-state index is 9.70. The number of aromatic amines is 1. The van der Waals surface area contributed by atoms with Crippen molar-refractivity contribution < 1.29 is 5.11 Å². The number of benzene rings is 1. The Hall–Kier alpha value is -1.55.